The Morgan fingerprint density at radius 1 is 1.42 bits per heavy atom. The van der Waals surface area contributed by atoms with Gasteiger partial charge in [0.25, 0.3) is 0 Å². The number of carboxylic acids is 1. The second-order valence-electron chi connectivity index (χ2n) is 6.10. The van der Waals surface area contributed by atoms with E-state index in [1.54, 1.807) is 20.0 Å². The smallest absolute Gasteiger partial charge is 0.303 e. The lowest BCUT2D eigenvalue weighted by molar-refractivity contribution is -0.138. The largest absolute Gasteiger partial charge is 0.481 e. The van der Waals surface area contributed by atoms with Gasteiger partial charge in [0.05, 0.1) is 5.92 Å². The number of carbonyl (C=O) groups excluding carboxylic acids is 2. The summed E-state index contributed by atoms with van der Waals surface area (Å²) in [4.78, 5) is 38.1. The highest BCUT2D eigenvalue weighted by Gasteiger charge is 2.36. The van der Waals surface area contributed by atoms with Gasteiger partial charge in [0.15, 0.2) is 0 Å². The van der Waals surface area contributed by atoms with E-state index in [-0.39, 0.29) is 37.0 Å². The standard InChI is InChI=1S/C17H21FN2O4/c1-11-8-13(5-6-14(11)18)20-10-12(9-15(20)21)17(24)19(2)7-3-4-16(22)23/h5-6,8,12H,3-4,7,9-10H2,1-2H3,(H,22,23). The van der Waals surface area contributed by atoms with Crippen molar-refractivity contribution in [2.24, 2.45) is 5.92 Å². The molecule has 7 heteroatoms. The molecule has 6 nitrogen and oxygen atoms in total. The molecule has 0 aliphatic carbocycles. The molecular weight excluding hydrogens is 315 g/mol. The van der Waals surface area contributed by atoms with Gasteiger partial charge in [0, 0.05) is 38.7 Å². The fraction of sp³-hybridized carbons (Fsp3) is 0.471. The van der Waals surface area contributed by atoms with E-state index in [4.69, 9.17) is 5.11 Å². The molecule has 24 heavy (non-hydrogen) atoms. The van der Waals surface area contributed by atoms with Crippen molar-refractivity contribution in [1.82, 2.24) is 4.90 Å². The van der Waals surface area contributed by atoms with E-state index >= 15 is 0 Å². The van der Waals surface area contributed by atoms with Crippen molar-refractivity contribution in [3.63, 3.8) is 0 Å². The van der Waals surface area contributed by atoms with Crippen LogP contribution in [0.1, 0.15) is 24.8 Å². The number of benzene rings is 1. The van der Waals surface area contributed by atoms with Crippen LogP contribution in [0.25, 0.3) is 0 Å². The molecule has 1 atom stereocenters. The quantitative estimate of drug-likeness (QED) is 0.859. The third-order valence-electron chi connectivity index (χ3n) is 4.19. The Morgan fingerprint density at radius 3 is 2.75 bits per heavy atom. The first-order valence-corrected chi connectivity index (χ1v) is 7.83. The number of aryl methyl sites for hydroxylation is 1. The number of hydrogen-bond acceptors (Lipinski definition) is 3. The number of hydrogen-bond donors (Lipinski definition) is 1. The zero-order chi connectivity index (χ0) is 17.9. The van der Waals surface area contributed by atoms with Crippen LogP contribution in [-0.2, 0) is 14.4 Å². The number of aliphatic carboxylic acids is 1. The van der Waals surface area contributed by atoms with Gasteiger partial charge in [-0.25, -0.2) is 4.39 Å². The lowest BCUT2D eigenvalue weighted by Crippen LogP contribution is -2.35. The number of nitrogens with zero attached hydrogens (tertiary/aromatic N) is 2. The summed E-state index contributed by atoms with van der Waals surface area (Å²) in [5.41, 5.74) is 1.03. The molecule has 1 aliphatic heterocycles. The molecule has 2 rings (SSSR count). The van der Waals surface area contributed by atoms with Crippen molar-refractivity contribution >= 4 is 23.5 Å². The Balaban J connectivity index is 1.99. The maximum Gasteiger partial charge on any atom is 0.303 e. The van der Waals surface area contributed by atoms with Gasteiger partial charge in [-0.3, -0.25) is 14.4 Å². The fourth-order valence-corrected chi connectivity index (χ4v) is 2.81. The lowest BCUT2D eigenvalue weighted by Gasteiger charge is -2.21. The topological polar surface area (TPSA) is 77.9 Å². The average Bonchev–Trinajstić information content (AvgIpc) is 2.90. The maximum atomic E-state index is 13.4. The van der Waals surface area contributed by atoms with E-state index in [0.717, 1.165) is 0 Å². The number of carbonyl (C=O) groups is 3. The minimum Gasteiger partial charge on any atom is -0.481 e. The van der Waals surface area contributed by atoms with E-state index in [1.165, 1.54) is 21.9 Å². The highest BCUT2D eigenvalue weighted by atomic mass is 19.1. The van der Waals surface area contributed by atoms with Crippen LogP contribution in [0, 0.1) is 18.7 Å². The van der Waals surface area contributed by atoms with E-state index in [2.05, 4.69) is 0 Å². The third-order valence-corrected chi connectivity index (χ3v) is 4.19. The molecule has 0 aromatic heterocycles. The Morgan fingerprint density at radius 2 is 2.12 bits per heavy atom. The minimum atomic E-state index is -0.898. The molecule has 1 unspecified atom stereocenters. The Kier molecular flexibility index (Phi) is 5.54. The first-order chi connectivity index (χ1) is 11.3. The number of rotatable bonds is 6. The highest BCUT2D eigenvalue weighted by molar-refractivity contribution is 6.00. The summed E-state index contributed by atoms with van der Waals surface area (Å²) < 4.78 is 13.4. The van der Waals surface area contributed by atoms with Gasteiger partial charge in [-0.2, -0.15) is 0 Å². The van der Waals surface area contributed by atoms with Crippen LogP contribution < -0.4 is 4.90 Å². The van der Waals surface area contributed by atoms with Crippen LogP contribution in [0.2, 0.25) is 0 Å². The van der Waals surface area contributed by atoms with Crippen LogP contribution in [0.4, 0.5) is 10.1 Å². The molecule has 1 aliphatic rings. The molecule has 0 bridgehead atoms. The fourth-order valence-electron chi connectivity index (χ4n) is 2.81. The summed E-state index contributed by atoms with van der Waals surface area (Å²) in [7, 11) is 1.61. The van der Waals surface area contributed by atoms with Crippen LogP contribution in [-0.4, -0.2) is 47.9 Å². The first-order valence-electron chi connectivity index (χ1n) is 7.83. The van der Waals surface area contributed by atoms with Crippen molar-refractivity contribution in [3.05, 3.63) is 29.6 Å². The van der Waals surface area contributed by atoms with Crippen molar-refractivity contribution in [2.75, 3.05) is 25.0 Å². The zero-order valence-corrected chi connectivity index (χ0v) is 13.8. The molecule has 1 fully saturated rings. The summed E-state index contributed by atoms with van der Waals surface area (Å²) >= 11 is 0. The predicted octanol–water partition coefficient (Wildman–Crippen LogP) is 1.81. The molecular formula is C17H21FN2O4. The van der Waals surface area contributed by atoms with Crippen molar-refractivity contribution in [2.45, 2.75) is 26.2 Å². The molecule has 1 aromatic rings. The monoisotopic (exact) mass is 336 g/mol. The predicted molar refractivity (Wildman–Crippen MR) is 86.1 cm³/mol. The number of halogens is 1. The van der Waals surface area contributed by atoms with E-state index in [9.17, 15) is 18.8 Å². The number of amides is 2. The average molecular weight is 336 g/mol. The molecule has 1 heterocycles. The van der Waals surface area contributed by atoms with Gasteiger partial charge in [-0.05, 0) is 37.1 Å². The van der Waals surface area contributed by atoms with E-state index in [0.29, 0.717) is 24.2 Å². The zero-order valence-electron chi connectivity index (χ0n) is 13.8. The Hall–Kier alpha value is -2.44. The highest BCUT2D eigenvalue weighted by Crippen LogP contribution is 2.27. The van der Waals surface area contributed by atoms with Gasteiger partial charge >= 0.3 is 5.97 Å². The molecule has 1 aromatic carbocycles. The van der Waals surface area contributed by atoms with Gasteiger partial charge in [-0.15, -0.1) is 0 Å². The van der Waals surface area contributed by atoms with Crippen molar-refractivity contribution in [1.29, 1.82) is 0 Å². The second kappa shape index (κ2) is 7.42. The number of carboxylic acid groups (broad SMARTS) is 1. The van der Waals surface area contributed by atoms with Crippen LogP contribution in [0.15, 0.2) is 18.2 Å². The van der Waals surface area contributed by atoms with Gasteiger partial charge in [0.2, 0.25) is 11.8 Å². The van der Waals surface area contributed by atoms with Gasteiger partial charge in [0.1, 0.15) is 5.82 Å². The summed E-state index contributed by atoms with van der Waals surface area (Å²) in [6.07, 6.45) is 0.486. The van der Waals surface area contributed by atoms with Crippen molar-refractivity contribution < 1.29 is 23.9 Å². The summed E-state index contributed by atoms with van der Waals surface area (Å²) in [5.74, 6) is -2.04. The molecule has 0 saturated carbocycles. The maximum absolute atomic E-state index is 13.4. The molecule has 130 valence electrons. The first kappa shape index (κ1) is 17.9. The second-order valence-corrected chi connectivity index (χ2v) is 6.10. The molecule has 1 saturated heterocycles. The summed E-state index contributed by atoms with van der Waals surface area (Å²) in [6, 6.07) is 4.44. The van der Waals surface area contributed by atoms with Crippen LogP contribution >= 0.6 is 0 Å². The van der Waals surface area contributed by atoms with E-state index in [1.807, 2.05) is 0 Å². The molecule has 1 N–H and O–H groups in total. The third kappa shape index (κ3) is 4.10. The Labute approximate surface area is 139 Å². The molecule has 0 spiro atoms. The van der Waals surface area contributed by atoms with Crippen molar-refractivity contribution in [3.8, 4) is 0 Å². The van der Waals surface area contributed by atoms with Gasteiger partial charge < -0.3 is 14.9 Å². The minimum absolute atomic E-state index is 0.00218. The molecule has 0 radical (unpaired) electrons. The van der Waals surface area contributed by atoms with Crippen LogP contribution in [0.3, 0.4) is 0 Å². The lowest BCUT2D eigenvalue weighted by atomic mass is 10.1. The Bertz CT molecular complexity index is 662. The number of anilines is 1. The molecule has 2 amide bonds. The summed E-state index contributed by atoms with van der Waals surface area (Å²) in [6.45, 7) is 2.22. The van der Waals surface area contributed by atoms with Crippen LogP contribution in [0.5, 0.6) is 0 Å². The van der Waals surface area contributed by atoms with E-state index < -0.39 is 11.9 Å². The van der Waals surface area contributed by atoms with Gasteiger partial charge in [-0.1, -0.05) is 0 Å². The summed E-state index contributed by atoms with van der Waals surface area (Å²) in [5, 5.41) is 8.63. The normalized spacial score (nSPS) is 17.2. The SMILES string of the molecule is Cc1cc(N2CC(C(=O)N(C)CCCC(=O)O)CC2=O)ccc1F.